The van der Waals surface area contributed by atoms with Crippen LogP contribution >= 0.6 is 12.2 Å². The highest BCUT2D eigenvalue weighted by atomic mass is 32.1. The van der Waals surface area contributed by atoms with Gasteiger partial charge in [-0.1, -0.05) is 6.58 Å². The van der Waals surface area contributed by atoms with Crippen LogP contribution in [0.25, 0.3) is 6.08 Å². The first-order valence-corrected chi connectivity index (χ1v) is 3.65. The molecule has 1 aromatic heterocycles. The fraction of sp³-hybridized carbons (Fsp3) is 0. The predicted octanol–water partition coefficient (Wildman–Crippen LogP) is -0.930. The van der Waals surface area contributed by atoms with Crippen molar-refractivity contribution in [3.63, 3.8) is 0 Å². The molecule has 0 aliphatic carbocycles. The fourth-order valence-electron chi connectivity index (χ4n) is 0.579. The minimum absolute atomic E-state index is 0.0913. The predicted molar refractivity (Wildman–Crippen MR) is 51.3 cm³/mol. The van der Waals surface area contributed by atoms with Crippen LogP contribution in [0.15, 0.2) is 6.58 Å². The molecular weight excluding hydrogens is 190 g/mol. The number of nitrogens with zero attached hydrogens (tertiary/aromatic N) is 4. The van der Waals surface area contributed by atoms with E-state index in [4.69, 9.17) is 5.73 Å². The molecule has 1 heterocycles. The Hall–Kier alpha value is -1.83. The van der Waals surface area contributed by atoms with Crippen molar-refractivity contribution in [1.82, 2.24) is 26.0 Å². The number of hydrogen-bond acceptors (Lipinski definition) is 6. The summed E-state index contributed by atoms with van der Waals surface area (Å²) in [5.41, 5.74) is 10.7. The number of rotatable bonds is 3. The van der Waals surface area contributed by atoms with Gasteiger partial charge in [-0.15, -0.1) is 10.2 Å². The molecule has 0 amide bonds. The molecule has 1 aromatic rings. The van der Waals surface area contributed by atoms with E-state index in [0.717, 1.165) is 0 Å². The molecule has 0 fully saturated rings. The summed E-state index contributed by atoms with van der Waals surface area (Å²) in [4.78, 5) is 0. The topological polar surface area (TPSA) is 102 Å². The van der Waals surface area contributed by atoms with Gasteiger partial charge in [-0.2, -0.15) is 0 Å². The zero-order valence-electron chi connectivity index (χ0n) is 6.56. The van der Waals surface area contributed by atoms with Crippen molar-refractivity contribution in [3.8, 4) is 0 Å². The Morgan fingerprint density at radius 1 is 1.46 bits per heavy atom. The molecule has 1 rings (SSSR count). The number of anilines is 1. The van der Waals surface area contributed by atoms with Crippen molar-refractivity contribution >= 4 is 29.2 Å². The lowest BCUT2D eigenvalue weighted by atomic mass is 10.4. The van der Waals surface area contributed by atoms with Gasteiger partial charge in [0.15, 0.2) is 10.9 Å². The molecule has 0 aliphatic heterocycles. The van der Waals surface area contributed by atoms with E-state index in [9.17, 15) is 0 Å². The minimum atomic E-state index is 0.0913. The van der Waals surface area contributed by atoms with Gasteiger partial charge >= 0.3 is 0 Å². The average Bonchev–Trinajstić information content (AvgIpc) is 2.15. The van der Waals surface area contributed by atoms with Crippen LogP contribution in [0, 0.1) is 0 Å². The molecule has 0 spiro atoms. The summed E-state index contributed by atoms with van der Waals surface area (Å²) in [5, 5.41) is 14.0. The van der Waals surface area contributed by atoms with Crippen molar-refractivity contribution in [2.75, 3.05) is 5.43 Å². The number of hydrazine groups is 1. The van der Waals surface area contributed by atoms with Crippen LogP contribution in [0.2, 0.25) is 0 Å². The monoisotopic (exact) mass is 197 g/mol. The van der Waals surface area contributed by atoms with E-state index in [0.29, 0.717) is 11.5 Å². The summed E-state index contributed by atoms with van der Waals surface area (Å²) < 4.78 is 0. The molecule has 0 radical (unpaired) electrons. The Morgan fingerprint density at radius 2 is 2.15 bits per heavy atom. The quantitative estimate of drug-likeness (QED) is 0.422. The first kappa shape index (κ1) is 9.26. The van der Waals surface area contributed by atoms with E-state index < -0.39 is 0 Å². The second kappa shape index (κ2) is 4.26. The summed E-state index contributed by atoms with van der Waals surface area (Å²) in [6.07, 6.45) is 1.48. The standard InChI is InChI=1S/C5H7N7S/c1-2-3-4(8-10-5(6)13)9-12-11-7-3/h2H,1H2,(H3,6,10,13)(H,8,9,11). The van der Waals surface area contributed by atoms with Gasteiger partial charge in [-0.25, -0.2) is 0 Å². The van der Waals surface area contributed by atoms with E-state index in [1.807, 2.05) is 0 Å². The molecule has 0 aliphatic rings. The van der Waals surface area contributed by atoms with Crippen LogP contribution in [0.4, 0.5) is 5.82 Å². The summed E-state index contributed by atoms with van der Waals surface area (Å²) in [7, 11) is 0. The number of nitrogens with two attached hydrogens (primary N) is 1. The molecule has 4 N–H and O–H groups in total. The van der Waals surface area contributed by atoms with Crippen molar-refractivity contribution in [1.29, 1.82) is 0 Å². The molecular formula is C5H7N7S. The Bertz CT molecular complexity index is 324. The van der Waals surface area contributed by atoms with E-state index in [1.54, 1.807) is 0 Å². The van der Waals surface area contributed by atoms with Crippen LogP contribution in [0.1, 0.15) is 5.69 Å². The lowest BCUT2D eigenvalue weighted by Crippen LogP contribution is -2.34. The van der Waals surface area contributed by atoms with Crippen LogP contribution in [0.3, 0.4) is 0 Å². The Kier molecular flexibility index (Phi) is 3.03. The highest BCUT2D eigenvalue weighted by Crippen LogP contribution is 2.04. The second-order valence-electron chi connectivity index (χ2n) is 1.93. The molecule has 0 saturated carbocycles. The summed E-state index contributed by atoms with van der Waals surface area (Å²) in [6, 6.07) is 0. The number of nitrogens with one attached hydrogen (secondary N) is 2. The Balaban J connectivity index is 2.75. The zero-order valence-corrected chi connectivity index (χ0v) is 7.38. The van der Waals surface area contributed by atoms with Crippen LogP contribution in [-0.2, 0) is 0 Å². The third kappa shape index (κ3) is 2.60. The number of thiocarbonyl (C=S) groups is 1. The van der Waals surface area contributed by atoms with E-state index >= 15 is 0 Å². The molecule has 8 heteroatoms. The first-order valence-electron chi connectivity index (χ1n) is 3.24. The van der Waals surface area contributed by atoms with E-state index in [1.165, 1.54) is 6.08 Å². The lowest BCUT2D eigenvalue weighted by Gasteiger charge is -2.05. The highest BCUT2D eigenvalue weighted by Gasteiger charge is 2.01. The fourth-order valence-corrected chi connectivity index (χ4v) is 0.630. The van der Waals surface area contributed by atoms with Gasteiger partial charge < -0.3 is 5.73 Å². The number of aromatic nitrogens is 4. The van der Waals surface area contributed by atoms with Crippen molar-refractivity contribution in [2.24, 2.45) is 5.73 Å². The summed E-state index contributed by atoms with van der Waals surface area (Å²) in [5.74, 6) is 0.359. The van der Waals surface area contributed by atoms with Gasteiger partial charge in [-0.05, 0) is 28.7 Å². The van der Waals surface area contributed by atoms with Gasteiger partial charge in [0.05, 0.1) is 0 Å². The molecule has 0 atom stereocenters. The van der Waals surface area contributed by atoms with Crippen LogP contribution in [0.5, 0.6) is 0 Å². The third-order valence-electron chi connectivity index (χ3n) is 1.08. The van der Waals surface area contributed by atoms with Crippen LogP contribution < -0.4 is 16.6 Å². The molecule has 0 bridgehead atoms. The Morgan fingerprint density at radius 3 is 2.77 bits per heavy atom. The van der Waals surface area contributed by atoms with E-state index in [2.05, 4.69) is 50.3 Å². The summed E-state index contributed by atoms with van der Waals surface area (Å²) >= 11 is 4.57. The molecule has 13 heavy (non-hydrogen) atoms. The van der Waals surface area contributed by atoms with E-state index in [-0.39, 0.29) is 5.11 Å². The second-order valence-corrected chi connectivity index (χ2v) is 2.37. The first-order chi connectivity index (χ1) is 6.24. The molecule has 0 unspecified atom stereocenters. The maximum Gasteiger partial charge on any atom is 0.196 e. The normalized spacial score (nSPS) is 8.92. The molecule has 0 aromatic carbocycles. The SMILES string of the molecule is C=Cc1nnnnc1NNC(N)=S. The third-order valence-corrected chi connectivity index (χ3v) is 1.18. The average molecular weight is 197 g/mol. The van der Waals surface area contributed by atoms with Gasteiger partial charge in [-0.3, -0.25) is 10.9 Å². The van der Waals surface area contributed by atoms with Crippen molar-refractivity contribution in [3.05, 3.63) is 12.3 Å². The largest absolute Gasteiger partial charge is 0.375 e. The van der Waals surface area contributed by atoms with Gasteiger partial charge in [0, 0.05) is 0 Å². The maximum absolute atomic E-state index is 5.18. The minimum Gasteiger partial charge on any atom is -0.375 e. The Labute approximate surface area is 79.4 Å². The van der Waals surface area contributed by atoms with Gasteiger partial charge in [0.25, 0.3) is 0 Å². The van der Waals surface area contributed by atoms with Gasteiger partial charge in [0.2, 0.25) is 0 Å². The van der Waals surface area contributed by atoms with Crippen LogP contribution in [-0.4, -0.2) is 25.7 Å². The maximum atomic E-state index is 5.18. The lowest BCUT2D eigenvalue weighted by molar-refractivity contribution is 0.755. The van der Waals surface area contributed by atoms with Gasteiger partial charge in [0.1, 0.15) is 5.69 Å². The smallest absolute Gasteiger partial charge is 0.196 e. The molecule has 68 valence electrons. The van der Waals surface area contributed by atoms with Crippen molar-refractivity contribution < 1.29 is 0 Å². The summed E-state index contributed by atoms with van der Waals surface area (Å²) in [6.45, 7) is 3.52. The zero-order chi connectivity index (χ0) is 9.68. The number of hydrogen-bond donors (Lipinski definition) is 3. The molecule has 7 nitrogen and oxygen atoms in total. The van der Waals surface area contributed by atoms with Crippen molar-refractivity contribution in [2.45, 2.75) is 0 Å². The molecule has 0 saturated heterocycles. The highest BCUT2D eigenvalue weighted by molar-refractivity contribution is 7.80.